The fraction of sp³-hybridized carbons (Fsp3) is 0.727. The molecule has 0 aliphatic heterocycles. The monoisotopic (exact) mass is 811 g/mol. The summed E-state index contributed by atoms with van der Waals surface area (Å²) >= 11 is 0. The van der Waals surface area contributed by atoms with Crippen LogP contribution in [0.15, 0.2) is 40.9 Å². The molecule has 2 unspecified atom stereocenters. The molecule has 1 heterocycles. The van der Waals surface area contributed by atoms with Crippen molar-refractivity contribution in [3.05, 3.63) is 59.1 Å². The number of ether oxygens (including phenoxy) is 2. The number of allylic oxidation sites excluding steroid dienone is 4. The number of hydrogen-bond donors (Lipinski definition) is 2. The summed E-state index contributed by atoms with van der Waals surface area (Å²) in [5.41, 5.74) is 2.56. The minimum absolute atomic E-state index is 0.00917. The van der Waals surface area contributed by atoms with Crippen molar-refractivity contribution in [3.63, 3.8) is 0 Å². The number of carbonyl (C=O) groups is 2. The highest BCUT2D eigenvalue weighted by atomic mass is 31.2. The van der Waals surface area contributed by atoms with E-state index in [0.29, 0.717) is 30.3 Å². The highest BCUT2D eigenvalue weighted by Gasteiger charge is 2.27. The van der Waals surface area contributed by atoms with Crippen LogP contribution < -0.4 is 0 Å². The number of rotatable bonds is 34. The highest BCUT2D eigenvalue weighted by Crippen LogP contribution is 2.43. The molecule has 56 heavy (non-hydrogen) atoms. The number of aliphatic hydroxyl groups excluding tert-OH is 1. The zero-order valence-corrected chi connectivity index (χ0v) is 36.8. The molecule has 0 amide bonds. The predicted molar refractivity (Wildman–Crippen MR) is 224 cm³/mol. The van der Waals surface area contributed by atoms with Crippen molar-refractivity contribution in [1.82, 2.24) is 0 Å². The van der Waals surface area contributed by atoms with E-state index in [1.807, 2.05) is 45.4 Å². The van der Waals surface area contributed by atoms with Crippen molar-refractivity contribution < 1.29 is 51.6 Å². The lowest BCUT2D eigenvalue weighted by Gasteiger charge is -2.24. The maximum absolute atomic E-state index is 12.7. The van der Waals surface area contributed by atoms with Crippen LogP contribution in [0.25, 0.3) is 0 Å². The Bertz CT molecular complexity index is 1350. The van der Waals surface area contributed by atoms with E-state index in [4.69, 9.17) is 22.9 Å². The third-order valence-corrected chi connectivity index (χ3v) is 10.4. The third-order valence-electron chi connectivity index (χ3n) is 9.44. The fourth-order valence-electron chi connectivity index (χ4n) is 5.86. The van der Waals surface area contributed by atoms with Gasteiger partial charge in [-0.05, 0) is 76.3 Å². The standard InChI is InChI=1S/C44H76NO10P/c1-8-10-22-28-39(46)29-23-18-14-12-11-13-15-20-25-31-43(47)51-35-40(36-53-56(49,50)52-34-33-45(5,6)7)54-44(48)32-26-21-17-16-19-24-30-42-38(4)37(3)41(55-42)27-9-2/h10,14,18,22-23,29,39-40,46H,8-9,11-13,15-17,19-21,24-28,30-36H2,1-7H3/p+1/b18-14+,22-10+,29-23+/t39?,40-/m1/s1. The maximum Gasteiger partial charge on any atom is 0.472 e. The van der Waals surface area contributed by atoms with Gasteiger partial charge in [-0.15, -0.1) is 0 Å². The van der Waals surface area contributed by atoms with Gasteiger partial charge < -0.3 is 28.4 Å². The Morgan fingerprint density at radius 2 is 1.38 bits per heavy atom. The van der Waals surface area contributed by atoms with Crippen LogP contribution in [0.5, 0.6) is 0 Å². The second kappa shape index (κ2) is 30.5. The number of aliphatic hydroxyl groups is 1. The van der Waals surface area contributed by atoms with E-state index in [9.17, 15) is 24.2 Å². The van der Waals surface area contributed by atoms with Crippen molar-refractivity contribution >= 4 is 19.8 Å². The van der Waals surface area contributed by atoms with E-state index in [-0.39, 0.29) is 26.1 Å². The van der Waals surface area contributed by atoms with Gasteiger partial charge in [0.15, 0.2) is 6.10 Å². The molecule has 0 fully saturated rings. The van der Waals surface area contributed by atoms with Crippen LogP contribution in [0.3, 0.4) is 0 Å². The minimum Gasteiger partial charge on any atom is -0.466 e. The van der Waals surface area contributed by atoms with E-state index in [1.165, 1.54) is 11.1 Å². The Balaban J connectivity index is 2.41. The number of esters is 2. The number of quaternary nitrogens is 1. The summed E-state index contributed by atoms with van der Waals surface area (Å²) in [5.74, 6) is 1.33. The summed E-state index contributed by atoms with van der Waals surface area (Å²) in [7, 11) is 1.40. The Morgan fingerprint density at radius 3 is 2.02 bits per heavy atom. The summed E-state index contributed by atoms with van der Waals surface area (Å²) < 4.78 is 40.4. The summed E-state index contributed by atoms with van der Waals surface area (Å²) in [6.07, 6.45) is 26.7. The number of furan rings is 1. The molecule has 0 aliphatic carbocycles. The SMILES string of the molecule is CC/C=C/CC(O)/C=C/C=C/CCCCCCCC(=O)OC[C@H](COP(=O)(O)OCC[N+](C)(C)C)OC(=O)CCCCCCCCc1oc(CCC)c(C)c1C. The van der Waals surface area contributed by atoms with Crippen LogP contribution in [-0.4, -0.2) is 86.1 Å². The predicted octanol–water partition coefficient (Wildman–Crippen LogP) is 9.98. The number of hydrogen-bond acceptors (Lipinski definition) is 9. The molecule has 0 spiro atoms. The molecule has 1 rings (SSSR count). The van der Waals surface area contributed by atoms with Gasteiger partial charge in [0.1, 0.15) is 31.3 Å². The van der Waals surface area contributed by atoms with Crippen LogP contribution >= 0.6 is 7.82 Å². The molecule has 0 radical (unpaired) electrons. The molecule has 1 aromatic rings. The van der Waals surface area contributed by atoms with Crippen molar-refractivity contribution in [1.29, 1.82) is 0 Å². The summed E-state index contributed by atoms with van der Waals surface area (Å²) in [6.45, 7) is 8.31. The largest absolute Gasteiger partial charge is 0.472 e. The molecular weight excluding hydrogens is 733 g/mol. The Labute approximate surface area is 339 Å². The van der Waals surface area contributed by atoms with Gasteiger partial charge in [0.2, 0.25) is 0 Å². The van der Waals surface area contributed by atoms with Crippen LogP contribution in [0.1, 0.15) is 146 Å². The van der Waals surface area contributed by atoms with Crippen LogP contribution in [0, 0.1) is 13.8 Å². The lowest BCUT2D eigenvalue weighted by atomic mass is 10.0. The Kier molecular flexibility index (Phi) is 28.1. The average molecular weight is 811 g/mol. The third kappa shape index (κ3) is 27.2. The highest BCUT2D eigenvalue weighted by molar-refractivity contribution is 7.47. The molecule has 0 aliphatic rings. The van der Waals surface area contributed by atoms with Crippen LogP contribution in [0.2, 0.25) is 0 Å². The van der Waals surface area contributed by atoms with E-state index in [1.54, 1.807) is 6.08 Å². The topological polar surface area (TPSA) is 142 Å². The molecule has 2 N–H and O–H groups in total. The number of phosphoric acid groups is 1. The first-order chi connectivity index (χ1) is 26.7. The molecule has 0 bridgehead atoms. The average Bonchev–Trinajstić information content (AvgIpc) is 3.40. The van der Waals surface area contributed by atoms with Gasteiger partial charge in [-0.2, -0.15) is 0 Å². The maximum atomic E-state index is 12.7. The minimum atomic E-state index is -4.41. The Morgan fingerprint density at radius 1 is 0.768 bits per heavy atom. The van der Waals surface area contributed by atoms with Crippen LogP contribution in [0.4, 0.5) is 0 Å². The summed E-state index contributed by atoms with van der Waals surface area (Å²) in [6, 6.07) is 0. The zero-order chi connectivity index (χ0) is 41.7. The second-order valence-corrected chi connectivity index (χ2v) is 17.2. The van der Waals surface area contributed by atoms with E-state index in [0.717, 1.165) is 101 Å². The van der Waals surface area contributed by atoms with Gasteiger partial charge in [-0.25, -0.2) is 4.57 Å². The van der Waals surface area contributed by atoms with Gasteiger partial charge in [-0.1, -0.05) is 95.2 Å². The number of nitrogens with zero attached hydrogens (tertiary/aromatic N) is 1. The van der Waals surface area contributed by atoms with Gasteiger partial charge in [0.25, 0.3) is 0 Å². The van der Waals surface area contributed by atoms with E-state index >= 15 is 0 Å². The van der Waals surface area contributed by atoms with Gasteiger partial charge in [0, 0.05) is 25.7 Å². The molecule has 0 aromatic carbocycles. The molecule has 0 saturated carbocycles. The lowest BCUT2D eigenvalue weighted by molar-refractivity contribution is -0.870. The van der Waals surface area contributed by atoms with Gasteiger partial charge >= 0.3 is 19.8 Å². The van der Waals surface area contributed by atoms with E-state index < -0.39 is 38.6 Å². The zero-order valence-electron chi connectivity index (χ0n) is 35.9. The first-order valence-electron chi connectivity index (χ1n) is 21.2. The number of phosphoric ester groups is 1. The van der Waals surface area contributed by atoms with Crippen molar-refractivity contribution in [2.24, 2.45) is 0 Å². The second-order valence-electron chi connectivity index (χ2n) is 15.8. The number of carbonyl (C=O) groups excluding carboxylic acids is 2. The smallest absolute Gasteiger partial charge is 0.466 e. The normalized spacial score (nSPS) is 14.5. The molecule has 322 valence electrons. The lowest BCUT2D eigenvalue weighted by Crippen LogP contribution is -2.37. The van der Waals surface area contributed by atoms with Gasteiger partial charge in [-0.3, -0.25) is 18.6 Å². The van der Waals surface area contributed by atoms with Crippen molar-refractivity contribution in [2.45, 2.75) is 162 Å². The molecule has 1 aromatic heterocycles. The van der Waals surface area contributed by atoms with Gasteiger partial charge in [0.05, 0.1) is 33.9 Å². The number of likely N-dealkylation sites (N-methyl/N-ethyl adjacent to an activating group) is 1. The van der Waals surface area contributed by atoms with Crippen molar-refractivity contribution in [3.8, 4) is 0 Å². The summed E-state index contributed by atoms with van der Waals surface area (Å²) in [4.78, 5) is 35.4. The molecule has 0 saturated heterocycles. The molecular formula is C44H77NO10P+. The molecule has 11 nitrogen and oxygen atoms in total. The number of aryl methyl sites for hydroxylation is 2. The quantitative estimate of drug-likeness (QED) is 0.0173. The first kappa shape index (κ1) is 51.5. The summed E-state index contributed by atoms with van der Waals surface area (Å²) in [5, 5.41) is 9.88. The van der Waals surface area contributed by atoms with Crippen molar-refractivity contribution in [2.75, 3.05) is 47.5 Å². The van der Waals surface area contributed by atoms with Crippen LogP contribution in [-0.2, 0) is 45.5 Å². The molecule has 12 heteroatoms. The number of unbranched alkanes of at least 4 members (excludes halogenated alkanes) is 10. The first-order valence-corrected chi connectivity index (χ1v) is 22.7. The fourth-order valence-corrected chi connectivity index (χ4v) is 6.60. The van der Waals surface area contributed by atoms with E-state index in [2.05, 4.69) is 33.8 Å². The Hall–Kier alpha value is -2.53. The molecule has 3 atom stereocenters.